The summed E-state index contributed by atoms with van der Waals surface area (Å²) in [5, 5.41) is -0.267. The van der Waals surface area contributed by atoms with E-state index in [-0.39, 0.29) is 5.16 Å². The predicted octanol–water partition coefficient (Wildman–Crippen LogP) is -0.261. The summed E-state index contributed by atoms with van der Waals surface area (Å²) in [6.45, 7) is 0.320. The Hall–Kier alpha value is -1.34. The van der Waals surface area contributed by atoms with E-state index in [2.05, 4.69) is 9.97 Å². The van der Waals surface area contributed by atoms with Gasteiger partial charge in [-0.1, -0.05) is 0 Å². The fourth-order valence-corrected chi connectivity index (χ4v) is 3.12. The molecule has 0 saturated carbocycles. The topological polar surface area (TPSA) is 80.2 Å². The number of rotatable bonds is 3. The first-order chi connectivity index (χ1) is 7.66. The second-order valence-electron chi connectivity index (χ2n) is 3.42. The molecule has 1 aromatic rings. The van der Waals surface area contributed by atoms with Crippen molar-refractivity contribution in [2.24, 2.45) is 0 Å². The van der Waals surface area contributed by atoms with Gasteiger partial charge in [0.15, 0.2) is 0 Å². The van der Waals surface area contributed by atoms with Crippen LogP contribution < -0.4 is 0 Å². The van der Waals surface area contributed by atoms with Crippen molar-refractivity contribution in [1.29, 1.82) is 0 Å². The van der Waals surface area contributed by atoms with E-state index in [0.29, 0.717) is 19.4 Å². The van der Waals surface area contributed by atoms with Crippen molar-refractivity contribution >= 4 is 16.3 Å². The molecule has 2 heterocycles. The second-order valence-corrected chi connectivity index (χ2v) is 5.21. The van der Waals surface area contributed by atoms with Crippen LogP contribution in [0.2, 0.25) is 0 Å². The summed E-state index contributed by atoms with van der Waals surface area (Å²) in [4.78, 5) is 18.0. The highest BCUT2D eigenvalue weighted by molar-refractivity contribution is 7.89. The quantitative estimate of drug-likeness (QED) is 0.680. The lowest BCUT2D eigenvalue weighted by atomic mass is 10.2. The maximum atomic E-state index is 12.0. The van der Waals surface area contributed by atoms with Crippen molar-refractivity contribution in [2.45, 2.75) is 24.0 Å². The molecule has 0 amide bonds. The Bertz CT molecular complexity index is 474. The summed E-state index contributed by atoms with van der Waals surface area (Å²) in [5.74, 6) is 0. The highest BCUT2D eigenvalue weighted by Gasteiger charge is 2.37. The van der Waals surface area contributed by atoms with E-state index in [1.807, 2.05) is 0 Å². The van der Waals surface area contributed by atoms with Gasteiger partial charge in [-0.15, -0.1) is 0 Å². The van der Waals surface area contributed by atoms with Gasteiger partial charge in [0.05, 0.1) is 6.04 Å². The molecule has 7 heteroatoms. The molecule has 0 aliphatic carbocycles. The molecule has 0 spiro atoms. The molecule has 1 radical (unpaired) electrons. The van der Waals surface area contributed by atoms with Gasteiger partial charge in [0.25, 0.3) is 15.2 Å². The molecule has 16 heavy (non-hydrogen) atoms. The minimum absolute atomic E-state index is 0.267. The maximum absolute atomic E-state index is 12.0. The van der Waals surface area contributed by atoms with E-state index in [0.717, 1.165) is 4.31 Å². The van der Waals surface area contributed by atoms with Gasteiger partial charge in [0.2, 0.25) is 6.29 Å². The fourth-order valence-electron chi connectivity index (χ4n) is 1.67. The minimum Gasteiger partial charge on any atom is -0.289 e. The summed E-state index contributed by atoms with van der Waals surface area (Å²) in [5.41, 5.74) is 0. The van der Waals surface area contributed by atoms with Gasteiger partial charge in [-0.05, 0) is 18.9 Å². The van der Waals surface area contributed by atoms with Crippen LogP contribution in [0, 0.1) is 0 Å². The Morgan fingerprint density at radius 1 is 1.38 bits per heavy atom. The normalized spacial score (nSPS) is 22.1. The molecule has 1 aliphatic heterocycles. The van der Waals surface area contributed by atoms with Gasteiger partial charge < -0.3 is 0 Å². The Kier molecular flexibility index (Phi) is 2.97. The number of nitrogens with zero attached hydrogens (tertiary/aromatic N) is 3. The lowest BCUT2D eigenvalue weighted by Gasteiger charge is -2.17. The summed E-state index contributed by atoms with van der Waals surface area (Å²) >= 11 is 0. The van der Waals surface area contributed by atoms with Crippen LogP contribution >= 0.6 is 0 Å². The van der Waals surface area contributed by atoms with Gasteiger partial charge >= 0.3 is 0 Å². The van der Waals surface area contributed by atoms with Crippen molar-refractivity contribution in [2.75, 3.05) is 6.54 Å². The van der Waals surface area contributed by atoms with E-state index < -0.39 is 16.1 Å². The molecule has 0 aromatic carbocycles. The highest BCUT2D eigenvalue weighted by Crippen LogP contribution is 2.22. The fraction of sp³-hybridized carbons (Fsp3) is 0.444. The molecule has 0 unspecified atom stereocenters. The Labute approximate surface area is 93.4 Å². The lowest BCUT2D eigenvalue weighted by Crippen LogP contribution is -2.37. The van der Waals surface area contributed by atoms with Crippen LogP contribution in [0.15, 0.2) is 23.6 Å². The van der Waals surface area contributed by atoms with Crippen molar-refractivity contribution < 1.29 is 13.2 Å². The zero-order chi connectivity index (χ0) is 11.6. The minimum atomic E-state index is -3.75. The summed E-state index contributed by atoms with van der Waals surface area (Å²) in [6.07, 6.45) is 5.61. The maximum Gasteiger partial charge on any atom is 0.279 e. The van der Waals surface area contributed by atoms with Crippen LogP contribution in [0.4, 0.5) is 0 Å². The average molecular weight is 240 g/mol. The Morgan fingerprint density at radius 3 is 2.69 bits per heavy atom. The van der Waals surface area contributed by atoms with Crippen LogP contribution in [-0.2, 0) is 14.8 Å². The number of sulfonamides is 1. The van der Waals surface area contributed by atoms with E-state index >= 15 is 0 Å². The van der Waals surface area contributed by atoms with Crippen molar-refractivity contribution in [3.05, 3.63) is 18.5 Å². The third-order valence-corrected chi connectivity index (χ3v) is 4.15. The number of hydrogen-bond acceptors (Lipinski definition) is 5. The summed E-state index contributed by atoms with van der Waals surface area (Å²) in [6, 6.07) is 0.834. The second kappa shape index (κ2) is 4.26. The van der Waals surface area contributed by atoms with Crippen LogP contribution in [0.5, 0.6) is 0 Å². The largest absolute Gasteiger partial charge is 0.289 e. The predicted molar refractivity (Wildman–Crippen MR) is 54.6 cm³/mol. The molecule has 85 valence electrons. The molecule has 0 N–H and O–H groups in total. The first kappa shape index (κ1) is 11.2. The van der Waals surface area contributed by atoms with Gasteiger partial charge in [0.1, 0.15) is 0 Å². The van der Waals surface area contributed by atoms with E-state index in [9.17, 15) is 13.2 Å². The number of carbonyl (C=O) groups excluding carboxylic acids is 1. The lowest BCUT2D eigenvalue weighted by molar-refractivity contribution is 0.422. The molecule has 1 fully saturated rings. The van der Waals surface area contributed by atoms with E-state index in [4.69, 9.17) is 0 Å². The van der Waals surface area contributed by atoms with Crippen LogP contribution in [0.3, 0.4) is 0 Å². The molecule has 6 nitrogen and oxygen atoms in total. The van der Waals surface area contributed by atoms with Crippen molar-refractivity contribution in [1.82, 2.24) is 14.3 Å². The Balaban J connectivity index is 2.36. The highest BCUT2D eigenvalue weighted by atomic mass is 32.2. The first-order valence-corrected chi connectivity index (χ1v) is 6.27. The van der Waals surface area contributed by atoms with Gasteiger partial charge in [-0.25, -0.2) is 18.4 Å². The van der Waals surface area contributed by atoms with E-state index in [1.54, 1.807) is 6.29 Å². The summed E-state index contributed by atoms with van der Waals surface area (Å²) in [7, 11) is -3.75. The molecule has 1 saturated heterocycles. The molecule has 1 atom stereocenters. The SMILES string of the molecule is O=[C][C@@H]1CCCN1S(=O)(=O)c1ncccn1. The molecule has 0 bridgehead atoms. The molecule has 1 aliphatic rings. The summed E-state index contributed by atoms with van der Waals surface area (Å²) < 4.78 is 25.2. The van der Waals surface area contributed by atoms with Crippen LogP contribution in [0.1, 0.15) is 12.8 Å². The van der Waals surface area contributed by atoms with Gasteiger partial charge in [-0.3, -0.25) is 4.79 Å². The third kappa shape index (κ3) is 1.83. The smallest absolute Gasteiger partial charge is 0.279 e. The third-order valence-electron chi connectivity index (χ3n) is 2.42. The molecular formula is C9H10N3O3S. The van der Waals surface area contributed by atoms with Gasteiger partial charge in [0, 0.05) is 18.9 Å². The van der Waals surface area contributed by atoms with Crippen molar-refractivity contribution in [3.63, 3.8) is 0 Å². The van der Waals surface area contributed by atoms with Crippen LogP contribution in [0.25, 0.3) is 0 Å². The van der Waals surface area contributed by atoms with E-state index in [1.165, 1.54) is 18.5 Å². The van der Waals surface area contributed by atoms with Crippen LogP contribution in [-0.4, -0.2) is 41.6 Å². The van der Waals surface area contributed by atoms with Gasteiger partial charge in [-0.2, -0.15) is 4.31 Å². The Morgan fingerprint density at radius 2 is 2.06 bits per heavy atom. The standard InChI is InChI=1S/C9H10N3O3S/c13-7-8-3-1-6-12(8)16(14,15)9-10-4-2-5-11-9/h2,4-5,8H,1,3,6H2/t8-/m0/s1. The molecule has 1 aromatic heterocycles. The first-order valence-electron chi connectivity index (χ1n) is 4.83. The average Bonchev–Trinajstić information content (AvgIpc) is 2.79. The zero-order valence-corrected chi connectivity index (χ0v) is 9.22. The van der Waals surface area contributed by atoms with Crippen molar-refractivity contribution in [3.8, 4) is 0 Å². The zero-order valence-electron chi connectivity index (χ0n) is 8.41. The molecular weight excluding hydrogens is 230 g/mol. The monoisotopic (exact) mass is 240 g/mol. The number of aromatic nitrogens is 2. The molecule has 2 rings (SSSR count). The number of hydrogen-bond donors (Lipinski definition) is 0.